The van der Waals surface area contributed by atoms with Crippen LogP contribution in [0.4, 0.5) is 4.79 Å². The molecule has 2 aromatic carbocycles. The highest BCUT2D eigenvalue weighted by Crippen LogP contribution is 2.40. The molecule has 1 heterocycles. The molecule has 0 saturated heterocycles. The van der Waals surface area contributed by atoms with Crippen LogP contribution in [0.2, 0.25) is 5.02 Å². The fraction of sp³-hybridized carbons (Fsp3) is 0.304. The normalized spacial score (nSPS) is 15.8. The third-order valence-electron chi connectivity index (χ3n) is 5.02. The maximum Gasteiger partial charge on any atom is 0.338 e. The minimum atomic E-state index is -0.840. The highest BCUT2D eigenvalue weighted by Gasteiger charge is 2.38. The summed E-state index contributed by atoms with van der Waals surface area (Å²) < 4.78 is 22.1. The van der Waals surface area contributed by atoms with Crippen molar-refractivity contribution in [3.05, 3.63) is 64.3 Å². The number of urea groups is 1. The van der Waals surface area contributed by atoms with Crippen LogP contribution in [0.3, 0.4) is 0 Å². The van der Waals surface area contributed by atoms with Gasteiger partial charge in [0.2, 0.25) is 0 Å². The van der Waals surface area contributed by atoms with E-state index >= 15 is 0 Å². The van der Waals surface area contributed by atoms with E-state index in [0.29, 0.717) is 33.5 Å². The first-order valence-corrected chi connectivity index (χ1v) is 10.3. The SMILES string of the molecule is CCOC(=O)C1=C(COc2ccccc2Cl)N(C)C(=O)NC1c1cccc(OC)c1OC. The van der Waals surface area contributed by atoms with Crippen LogP contribution in [0.1, 0.15) is 18.5 Å². The third-order valence-corrected chi connectivity index (χ3v) is 5.33. The highest BCUT2D eigenvalue weighted by atomic mass is 35.5. The third kappa shape index (κ3) is 4.60. The number of carbonyl (C=O) groups excluding carboxylic acids is 2. The summed E-state index contributed by atoms with van der Waals surface area (Å²) in [7, 11) is 4.56. The molecule has 0 aliphatic carbocycles. The summed E-state index contributed by atoms with van der Waals surface area (Å²) in [4.78, 5) is 27.2. The molecular weight excluding hydrogens is 436 g/mol. The summed E-state index contributed by atoms with van der Waals surface area (Å²) in [5, 5.41) is 3.26. The van der Waals surface area contributed by atoms with E-state index in [1.54, 1.807) is 56.4 Å². The number of methoxy groups -OCH3 is 2. The first kappa shape index (κ1) is 23.3. The number of carbonyl (C=O) groups is 2. The molecule has 170 valence electrons. The average Bonchev–Trinajstić information content (AvgIpc) is 2.80. The van der Waals surface area contributed by atoms with Crippen LogP contribution in [-0.4, -0.2) is 51.4 Å². The molecule has 0 bridgehead atoms. The number of esters is 1. The first-order valence-electron chi connectivity index (χ1n) is 9.95. The van der Waals surface area contributed by atoms with Crippen molar-refractivity contribution in [2.24, 2.45) is 0 Å². The minimum Gasteiger partial charge on any atom is -0.493 e. The molecule has 1 aliphatic rings. The molecule has 0 saturated carbocycles. The van der Waals surface area contributed by atoms with Gasteiger partial charge in [-0.3, -0.25) is 4.90 Å². The van der Waals surface area contributed by atoms with Crippen molar-refractivity contribution in [1.82, 2.24) is 10.2 Å². The van der Waals surface area contributed by atoms with E-state index in [4.69, 9.17) is 30.5 Å². The number of likely N-dealkylation sites (N-methyl/N-ethyl adjacent to an activating group) is 1. The molecule has 0 spiro atoms. The summed E-state index contributed by atoms with van der Waals surface area (Å²) in [5.41, 5.74) is 1.13. The molecule has 1 unspecified atom stereocenters. The van der Waals surface area contributed by atoms with E-state index in [2.05, 4.69) is 5.32 Å². The largest absolute Gasteiger partial charge is 0.493 e. The highest BCUT2D eigenvalue weighted by molar-refractivity contribution is 6.32. The predicted molar refractivity (Wildman–Crippen MR) is 119 cm³/mol. The molecule has 0 fully saturated rings. The fourth-order valence-electron chi connectivity index (χ4n) is 3.46. The standard InChI is InChI=1S/C23H25ClN2O6/c1-5-31-22(27)19-16(13-32-17-11-7-6-10-15(17)24)26(2)23(28)25-20(19)14-9-8-12-18(29-3)21(14)30-4/h6-12,20H,5,13H2,1-4H3,(H,25,28). The lowest BCUT2D eigenvalue weighted by Crippen LogP contribution is -2.48. The number of benzene rings is 2. The molecule has 8 nitrogen and oxygen atoms in total. The van der Waals surface area contributed by atoms with Crippen molar-refractivity contribution in [3.63, 3.8) is 0 Å². The number of hydrogen-bond acceptors (Lipinski definition) is 6. The van der Waals surface area contributed by atoms with Crippen LogP contribution in [0.5, 0.6) is 17.2 Å². The Morgan fingerprint density at radius 2 is 1.81 bits per heavy atom. The number of para-hydroxylation sites is 2. The van der Waals surface area contributed by atoms with Gasteiger partial charge in [-0.25, -0.2) is 9.59 Å². The molecule has 9 heteroatoms. The second kappa shape index (κ2) is 10.3. The number of nitrogens with zero attached hydrogens (tertiary/aromatic N) is 1. The molecule has 0 radical (unpaired) electrons. The van der Waals surface area contributed by atoms with E-state index < -0.39 is 18.0 Å². The van der Waals surface area contributed by atoms with Crippen LogP contribution < -0.4 is 19.5 Å². The van der Waals surface area contributed by atoms with Crippen LogP contribution >= 0.6 is 11.6 Å². The van der Waals surface area contributed by atoms with Crippen molar-refractivity contribution in [3.8, 4) is 17.2 Å². The zero-order chi connectivity index (χ0) is 23.3. The Hall–Kier alpha value is -3.39. The van der Waals surface area contributed by atoms with Gasteiger partial charge in [-0.05, 0) is 25.1 Å². The van der Waals surface area contributed by atoms with E-state index in [1.807, 2.05) is 0 Å². The molecule has 1 aliphatic heterocycles. The minimum absolute atomic E-state index is 0.0788. The van der Waals surface area contributed by atoms with Crippen LogP contribution in [0.15, 0.2) is 53.7 Å². The number of amides is 2. The molecule has 0 aromatic heterocycles. The van der Waals surface area contributed by atoms with Crippen molar-refractivity contribution in [1.29, 1.82) is 0 Å². The van der Waals surface area contributed by atoms with Gasteiger partial charge in [-0.2, -0.15) is 0 Å². The fourth-order valence-corrected chi connectivity index (χ4v) is 3.65. The van der Waals surface area contributed by atoms with E-state index in [0.717, 1.165) is 0 Å². The van der Waals surface area contributed by atoms with Gasteiger partial charge < -0.3 is 24.3 Å². The van der Waals surface area contributed by atoms with Crippen molar-refractivity contribution >= 4 is 23.6 Å². The number of rotatable bonds is 8. The predicted octanol–water partition coefficient (Wildman–Crippen LogP) is 3.95. The van der Waals surface area contributed by atoms with Crippen LogP contribution in [0, 0.1) is 0 Å². The Morgan fingerprint density at radius 1 is 1.09 bits per heavy atom. The van der Waals surface area contributed by atoms with Gasteiger partial charge >= 0.3 is 12.0 Å². The van der Waals surface area contributed by atoms with Gasteiger partial charge in [0, 0.05) is 12.6 Å². The van der Waals surface area contributed by atoms with Gasteiger partial charge in [-0.15, -0.1) is 0 Å². The van der Waals surface area contributed by atoms with Crippen molar-refractivity contribution in [2.45, 2.75) is 13.0 Å². The average molecular weight is 461 g/mol. The monoisotopic (exact) mass is 460 g/mol. The number of nitrogens with one attached hydrogen (secondary N) is 1. The summed E-state index contributed by atoms with van der Waals surface area (Å²) in [6, 6.07) is 10.9. The summed E-state index contributed by atoms with van der Waals surface area (Å²) in [6.45, 7) is 1.80. The van der Waals surface area contributed by atoms with Gasteiger partial charge in [0.1, 0.15) is 12.4 Å². The molecule has 3 rings (SSSR count). The second-order valence-corrected chi connectivity index (χ2v) is 7.23. The quantitative estimate of drug-likeness (QED) is 0.600. The Bertz CT molecular complexity index is 1040. The number of hydrogen-bond donors (Lipinski definition) is 1. The zero-order valence-corrected chi connectivity index (χ0v) is 19.1. The van der Waals surface area contributed by atoms with E-state index in [1.165, 1.54) is 19.1 Å². The maximum absolute atomic E-state index is 13.1. The van der Waals surface area contributed by atoms with Crippen LogP contribution in [0.25, 0.3) is 0 Å². The summed E-state index contributed by atoms with van der Waals surface area (Å²) in [5.74, 6) is 0.722. The smallest absolute Gasteiger partial charge is 0.338 e. The Balaban J connectivity index is 2.13. The molecule has 1 atom stereocenters. The molecule has 1 N–H and O–H groups in total. The topological polar surface area (TPSA) is 86.3 Å². The summed E-state index contributed by atoms with van der Waals surface area (Å²) in [6.07, 6.45) is 0. The van der Waals surface area contributed by atoms with Gasteiger partial charge in [0.25, 0.3) is 0 Å². The van der Waals surface area contributed by atoms with Gasteiger partial charge in [-0.1, -0.05) is 35.9 Å². The van der Waals surface area contributed by atoms with E-state index in [9.17, 15) is 9.59 Å². The Kier molecular flexibility index (Phi) is 7.48. The van der Waals surface area contributed by atoms with Gasteiger partial charge in [0.05, 0.1) is 43.2 Å². The number of ether oxygens (including phenoxy) is 4. The lowest BCUT2D eigenvalue weighted by molar-refractivity contribution is -0.139. The lowest BCUT2D eigenvalue weighted by Gasteiger charge is -2.35. The van der Waals surface area contributed by atoms with Gasteiger partial charge in [0.15, 0.2) is 11.5 Å². The lowest BCUT2D eigenvalue weighted by atomic mass is 9.93. The molecule has 2 amide bonds. The first-order chi connectivity index (χ1) is 15.4. The Morgan fingerprint density at radius 3 is 2.47 bits per heavy atom. The number of halogens is 1. The Labute approximate surface area is 191 Å². The molecule has 32 heavy (non-hydrogen) atoms. The van der Waals surface area contributed by atoms with E-state index in [-0.39, 0.29) is 18.8 Å². The van der Waals surface area contributed by atoms with Crippen molar-refractivity contribution in [2.75, 3.05) is 34.5 Å². The van der Waals surface area contributed by atoms with Crippen molar-refractivity contribution < 1.29 is 28.5 Å². The van der Waals surface area contributed by atoms with Crippen LogP contribution in [-0.2, 0) is 9.53 Å². The zero-order valence-electron chi connectivity index (χ0n) is 18.3. The summed E-state index contributed by atoms with van der Waals surface area (Å²) >= 11 is 6.20. The molecular formula is C23H25ClN2O6. The maximum atomic E-state index is 13.1. The molecule has 2 aromatic rings. The second-order valence-electron chi connectivity index (χ2n) is 6.82.